The van der Waals surface area contributed by atoms with E-state index in [4.69, 9.17) is 18.9 Å². The number of methoxy groups -OCH3 is 2. The normalized spacial score (nSPS) is 17.6. The standard InChI is InChI=1S/C30H32N2O6/c1-5-37-25-15-18-13-14-32-28(22(18)17-26(25)38-6-2)27(20-9-7-8-10-21(20)30(32)34)29(33)31-23-12-11-19(35-3)16-24(23)36-4/h7-12,15-17,27-28H,5-6,13-14H2,1-4H3,(H,31,33)/t27-,28-/m1/s1. The monoisotopic (exact) mass is 516 g/mol. The molecule has 8 nitrogen and oxygen atoms in total. The quantitative estimate of drug-likeness (QED) is 0.455. The zero-order chi connectivity index (χ0) is 26.8. The van der Waals surface area contributed by atoms with Crippen LogP contribution in [-0.2, 0) is 11.2 Å². The van der Waals surface area contributed by atoms with Crippen LogP contribution in [0.1, 0.15) is 52.9 Å². The molecule has 0 aromatic heterocycles. The van der Waals surface area contributed by atoms with Crippen LogP contribution in [0.15, 0.2) is 54.6 Å². The van der Waals surface area contributed by atoms with Gasteiger partial charge in [-0.3, -0.25) is 9.59 Å². The Labute approximate surface area is 222 Å². The predicted octanol–water partition coefficient (Wildman–Crippen LogP) is 4.98. The van der Waals surface area contributed by atoms with Gasteiger partial charge in [0.25, 0.3) is 5.91 Å². The maximum atomic E-state index is 14.1. The van der Waals surface area contributed by atoms with E-state index < -0.39 is 12.0 Å². The van der Waals surface area contributed by atoms with E-state index in [2.05, 4.69) is 5.32 Å². The molecule has 0 saturated heterocycles. The molecule has 38 heavy (non-hydrogen) atoms. The minimum atomic E-state index is -0.651. The van der Waals surface area contributed by atoms with Gasteiger partial charge in [-0.25, -0.2) is 0 Å². The largest absolute Gasteiger partial charge is 0.497 e. The minimum absolute atomic E-state index is 0.0748. The van der Waals surface area contributed by atoms with E-state index in [1.54, 1.807) is 38.5 Å². The van der Waals surface area contributed by atoms with Crippen LogP contribution in [0.25, 0.3) is 0 Å². The molecule has 0 bridgehead atoms. The molecule has 2 heterocycles. The molecule has 1 N–H and O–H groups in total. The van der Waals surface area contributed by atoms with Crippen molar-refractivity contribution in [2.24, 2.45) is 0 Å². The number of nitrogens with one attached hydrogen (secondary N) is 1. The number of hydrogen-bond donors (Lipinski definition) is 1. The van der Waals surface area contributed by atoms with E-state index in [1.807, 2.05) is 49.1 Å². The first kappa shape index (κ1) is 25.4. The van der Waals surface area contributed by atoms with Gasteiger partial charge in [0, 0.05) is 18.2 Å². The average molecular weight is 517 g/mol. The first-order chi connectivity index (χ1) is 18.5. The van der Waals surface area contributed by atoms with Gasteiger partial charge in [-0.1, -0.05) is 18.2 Å². The van der Waals surface area contributed by atoms with Crippen molar-refractivity contribution in [1.82, 2.24) is 4.90 Å². The fourth-order valence-corrected chi connectivity index (χ4v) is 5.47. The second-order valence-electron chi connectivity index (χ2n) is 9.18. The number of rotatable bonds is 8. The third-order valence-corrected chi connectivity index (χ3v) is 7.13. The summed E-state index contributed by atoms with van der Waals surface area (Å²) in [6.07, 6.45) is 0.660. The Morgan fingerprint density at radius 2 is 1.66 bits per heavy atom. The van der Waals surface area contributed by atoms with Crippen LogP contribution >= 0.6 is 0 Å². The zero-order valence-corrected chi connectivity index (χ0v) is 22.1. The van der Waals surface area contributed by atoms with Crippen molar-refractivity contribution in [2.45, 2.75) is 32.2 Å². The molecular formula is C30H32N2O6. The summed E-state index contributed by atoms with van der Waals surface area (Å²) in [5.41, 5.74) is 3.71. The summed E-state index contributed by atoms with van der Waals surface area (Å²) in [6.45, 7) is 5.33. The van der Waals surface area contributed by atoms with Crippen molar-refractivity contribution in [2.75, 3.05) is 39.3 Å². The Hall–Kier alpha value is -4.20. The lowest BCUT2D eigenvalue weighted by Gasteiger charge is -2.45. The predicted molar refractivity (Wildman–Crippen MR) is 144 cm³/mol. The Morgan fingerprint density at radius 1 is 0.921 bits per heavy atom. The van der Waals surface area contributed by atoms with Crippen LogP contribution in [0, 0.1) is 0 Å². The molecular weight excluding hydrogens is 484 g/mol. The lowest BCUT2D eigenvalue weighted by Crippen LogP contribution is -2.49. The van der Waals surface area contributed by atoms with Gasteiger partial charge in [-0.05, 0) is 67.3 Å². The highest BCUT2D eigenvalue weighted by Crippen LogP contribution is 2.49. The summed E-state index contributed by atoms with van der Waals surface area (Å²) < 4.78 is 22.6. The summed E-state index contributed by atoms with van der Waals surface area (Å²) in [6, 6.07) is 16.0. The molecule has 0 spiro atoms. The van der Waals surface area contributed by atoms with Gasteiger partial charge in [-0.2, -0.15) is 0 Å². The smallest absolute Gasteiger partial charge is 0.254 e. The van der Waals surface area contributed by atoms with E-state index in [-0.39, 0.29) is 11.8 Å². The van der Waals surface area contributed by atoms with Crippen molar-refractivity contribution in [1.29, 1.82) is 0 Å². The van der Waals surface area contributed by atoms with Crippen LogP contribution in [-0.4, -0.2) is 50.7 Å². The van der Waals surface area contributed by atoms with Gasteiger partial charge in [0.1, 0.15) is 11.5 Å². The van der Waals surface area contributed by atoms with E-state index in [1.165, 1.54) is 0 Å². The molecule has 0 aliphatic carbocycles. The summed E-state index contributed by atoms with van der Waals surface area (Å²) >= 11 is 0. The molecule has 198 valence electrons. The highest BCUT2D eigenvalue weighted by atomic mass is 16.5. The van der Waals surface area contributed by atoms with Gasteiger partial charge >= 0.3 is 0 Å². The second kappa shape index (κ2) is 10.7. The molecule has 2 amide bonds. The third-order valence-electron chi connectivity index (χ3n) is 7.13. The third kappa shape index (κ3) is 4.40. The van der Waals surface area contributed by atoms with Gasteiger partial charge in [0.2, 0.25) is 5.91 Å². The number of fused-ring (bicyclic) bond motifs is 4. The molecule has 0 unspecified atom stereocenters. The van der Waals surface area contributed by atoms with Crippen molar-refractivity contribution >= 4 is 17.5 Å². The van der Waals surface area contributed by atoms with Crippen LogP contribution in [0.2, 0.25) is 0 Å². The SMILES string of the molecule is CCOc1cc2c(cc1OCC)[C@@H]1[C@H](C(=O)Nc3ccc(OC)cc3OC)c3ccccc3C(=O)N1CC2. The topological polar surface area (TPSA) is 86.3 Å². The molecule has 8 heteroatoms. The molecule has 2 atom stereocenters. The van der Waals surface area contributed by atoms with E-state index in [0.29, 0.717) is 66.0 Å². The van der Waals surface area contributed by atoms with Crippen LogP contribution in [0.5, 0.6) is 23.0 Å². The van der Waals surface area contributed by atoms with Crippen molar-refractivity contribution in [3.05, 3.63) is 76.9 Å². The zero-order valence-electron chi connectivity index (χ0n) is 22.1. The molecule has 3 aromatic rings. The summed E-state index contributed by atoms with van der Waals surface area (Å²) in [5.74, 6) is 1.43. The molecule has 3 aromatic carbocycles. The minimum Gasteiger partial charge on any atom is -0.497 e. The Kier molecular flexibility index (Phi) is 7.13. The lowest BCUT2D eigenvalue weighted by atomic mass is 9.75. The maximum absolute atomic E-state index is 14.1. The molecule has 0 saturated carbocycles. The number of nitrogens with zero attached hydrogens (tertiary/aromatic N) is 1. The molecule has 2 aliphatic rings. The lowest BCUT2D eigenvalue weighted by molar-refractivity contribution is -0.119. The average Bonchev–Trinajstić information content (AvgIpc) is 2.94. The van der Waals surface area contributed by atoms with Gasteiger partial charge in [-0.15, -0.1) is 0 Å². The summed E-state index contributed by atoms with van der Waals surface area (Å²) in [4.78, 5) is 29.6. The number of ether oxygens (including phenoxy) is 4. The summed E-state index contributed by atoms with van der Waals surface area (Å²) in [5, 5.41) is 3.06. The number of carbonyl (C=O) groups is 2. The molecule has 5 rings (SSSR count). The first-order valence-electron chi connectivity index (χ1n) is 12.9. The Bertz CT molecular complexity index is 1370. The highest BCUT2D eigenvalue weighted by Gasteiger charge is 2.46. The van der Waals surface area contributed by atoms with Crippen molar-refractivity contribution in [3.63, 3.8) is 0 Å². The first-order valence-corrected chi connectivity index (χ1v) is 12.9. The second-order valence-corrected chi connectivity index (χ2v) is 9.18. The number of carbonyl (C=O) groups excluding carboxylic acids is 2. The maximum Gasteiger partial charge on any atom is 0.254 e. The number of anilines is 1. The Balaban J connectivity index is 1.63. The fraction of sp³-hybridized carbons (Fsp3) is 0.333. The van der Waals surface area contributed by atoms with E-state index in [0.717, 1.165) is 11.1 Å². The van der Waals surface area contributed by atoms with Crippen LogP contribution in [0.4, 0.5) is 5.69 Å². The van der Waals surface area contributed by atoms with Gasteiger partial charge < -0.3 is 29.2 Å². The molecule has 0 fully saturated rings. The van der Waals surface area contributed by atoms with Gasteiger partial charge in [0.15, 0.2) is 11.5 Å². The summed E-state index contributed by atoms with van der Waals surface area (Å²) in [7, 11) is 3.12. The fourth-order valence-electron chi connectivity index (χ4n) is 5.47. The van der Waals surface area contributed by atoms with E-state index >= 15 is 0 Å². The van der Waals surface area contributed by atoms with Crippen molar-refractivity contribution in [3.8, 4) is 23.0 Å². The van der Waals surface area contributed by atoms with Gasteiger partial charge in [0.05, 0.1) is 45.1 Å². The number of hydrogen-bond acceptors (Lipinski definition) is 6. The number of amides is 2. The number of benzene rings is 3. The Morgan fingerprint density at radius 3 is 2.37 bits per heavy atom. The van der Waals surface area contributed by atoms with Crippen LogP contribution < -0.4 is 24.3 Å². The highest BCUT2D eigenvalue weighted by molar-refractivity contribution is 6.05. The molecule has 2 aliphatic heterocycles. The molecule has 0 radical (unpaired) electrons. The van der Waals surface area contributed by atoms with Crippen LogP contribution in [0.3, 0.4) is 0 Å². The van der Waals surface area contributed by atoms with Crippen molar-refractivity contribution < 1.29 is 28.5 Å². The van der Waals surface area contributed by atoms with E-state index in [9.17, 15) is 9.59 Å².